The fraction of sp³-hybridized carbons (Fsp3) is 0.429. The van der Waals surface area contributed by atoms with E-state index in [0.717, 1.165) is 11.1 Å². The lowest BCUT2D eigenvalue weighted by molar-refractivity contribution is 0.0316. The Labute approximate surface area is 106 Å². The second kappa shape index (κ2) is 5.63. The van der Waals surface area contributed by atoms with Gasteiger partial charge in [0.1, 0.15) is 18.3 Å². The smallest absolute Gasteiger partial charge is 0.112 e. The van der Waals surface area contributed by atoms with Crippen molar-refractivity contribution < 1.29 is 20.1 Å². The van der Waals surface area contributed by atoms with Gasteiger partial charge in [-0.25, -0.2) is 0 Å². The summed E-state index contributed by atoms with van der Waals surface area (Å²) in [5.74, 6) is 0. The summed E-state index contributed by atoms with van der Waals surface area (Å²) in [4.78, 5) is 0. The van der Waals surface area contributed by atoms with Gasteiger partial charge in [-0.2, -0.15) is 0 Å². The minimum atomic E-state index is -0.905. The molecule has 2 rings (SSSR count). The van der Waals surface area contributed by atoms with Crippen LogP contribution in [0.3, 0.4) is 0 Å². The van der Waals surface area contributed by atoms with E-state index in [0.29, 0.717) is 0 Å². The van der Waals surface area contributed by atoms with Gasteiger partial charge in [-0.05, 0) is 18.1 Å². The summed E-state index contributed by atoms with van der Waals surface area (Å²) in [5, 5.41) is 28.5. The SMILES string of the molecule is C[C@@H]1O[C@H](/C=C/c2ccccc2CO)[C@@H](O)[C@H]1O. The van der Waals surface area contributed by atoms with Crippen molar-refractivity contribution in [1.29, 1.82) is 0 Å². The average Bonchev–Trinajstić information content (AvgIpc) is 2.64. The van der Waals surface area contributed by atoms with Crippen molar-refractivity contribution in [2.24, 2.45) is 0 Å². The van der Waals surface area contributed by atoms with Gasteiger partial charge in [-0.3, -0.25) is 0 Å². The molecular weight excluding hydrogens is 232 g/mol. The molecule has 1 heterocycles. The maximum atomic E-state index is 9.76. The van der Waals surface area contributed by atoms with Crippen molar-refractivity contribution in [3.8, 4) is 0 Å². The molecule has 1 aliphatic heterocycles. The Kier molecular flexibility index (Phi) is 4.14. The summed E-state index contributed by atoms with van der Waals surface area (Å²) in [6, 6.07) is 7.45. The van der Waals surface area contributed by atoms with Crippen LogP contribution in [0.4, 0.5) is 0 Å². The van der Waals surface area contributed by atoms with Gasteiger partial charge in [0, 0.05) is 0 Å². The number of hydrogen-bond acceptors (Lipinski definition) is 4. The van der Waals surface area contributed by atoms with Crippen LogP contribution in [0.5, 0.6) is 0 Å². The Morgan fingerprint density at radius 1 is 1.22 bits per heavy atom. The van der Waals surface area contributed by atoms with Gasteiger partial charge in [0.2, 0.25) is 0 Å². The Hall–Kier alpha value is -1.20. The third-order valence-electron chi connectivity index (χ3n) is 3.23. The number of benzene rings is 1. The van der Waals surface area contributed by atoms with Crippen LogP contribution >= 0.6 is 0 Å². The van der Waals surface area contributed by atoms with Gasteiger partial charge in [0.15, 0.2) is 0 Å². The number of ether oxygens (including phenoxy) is 1. The van der Waals surface area contributed by atoms with Crippen molar-refractivity contribution in [1.82, 2.24) is 0 Å². The zero-order chi connectivity index (χ0) is 13.1. The maximum Gasteiger partial charge on any atom is 0.112 e. The van der Waals surface area contributed by atoms with E-state index >= 15 is 0 Å². The van der Waals surface area contributed by atoms with Gasteiger partial charge >= 0.3 is 0 Å². The number of aliphatic hydroxyl groups excluding tert-OH is 3. The third kappa shape index (κ3) is 2.62. The van der Waals surface area contributed by atoms with Crippen molar-refractivity contribution in [3.63, 3.8) is 0 Å². The molecule has 0 saturated carbocycles. The third-order valence-corrected chi connectivity index (χ3v) is 3.23. The molecule has 4 nitrogen and oxygen atoms in total. The molecule has 0 unspecified atom stereocenters. The molecule has 1 aliphatic rings. The Balaban J connectivity index is 2.12. The molecule has 0 aromatic heterocycles. The highest BCUT2D eigenvalue weighted by atomic mass is 16.5. The van der Waals surface area contributed by atoms with Crippen molar-refractivity contribution in [3.05, 3.63) is 41.5 Å². The summed E-state index contributed by atoms with van der Waals surface area (Å²) in [6.07, 6.45) is 0.866. The molecule has 1 fully saturated rings. The summed E-state index contributed by atoms with van der Waals surface area (Å²) >= 11 is 0. The van der Waals surface area contributed by atoms with Gasteiger partial charge < -0.3 is 20.1 Å². The van der Waals surface area contributed by atoms with Crippen LogP contribution < -0.4 is 0 Å². The van der Waals surface area contributed by atoms with Crippen LogP contribution in [0, 0.1) is 0 Å². The molecule has 0 amide bonds. The largest absolute Gasteiger partial charge is 0.392 e. The predicted molar refractivity (Wildman–Crippen MR) is 67.7 cm³/mol. The Morgan fingerprint density at radius 3 is 2.56 bits per heavy atom. The van der Waals surface area contributed by atoms with E-state index in [4.69, 9.17) is 4.74 Å². The van der Waals surface area contributed by atoms with Crippen LogP contribution in [-0.4, -0.2) is 39.7 Å². The lowest BCUT2D eigenvalue weighted by Crippen LogP contribution is -2.30. The zero-order valence-electron chi connectivity index (χ0n) is 10.2. The van der Waals surface area contributed by atoms with Gasteiger partial charge in [-0.1, -0.05) is 36.4 Å². The van der Waals surface area contributed by atoms with E-state index in [9.17, 15) is 15.3 Å². The summed E-state index contributed by atoms with van der Waals surface area (Å²) < 4.78 is 5.43. The first kappa shape index (κ1) is 13.2. The van der Waals surface area contributed by atoms with Gasteiger partial charge in [0.25, 0.3) is 0 Å². The van der Waals surface area contributed by atoms with Crippen LogP contribution in [0.2, 0.25) is 0 Å². The van der Waals surface area contributed by atoms with E-state index in [-0.39, 0.29) is 12.7 Å². The molecule has 1 saturated heterocycles. The lowest BCUT2D eigenvalue weighted by atomic mass is 10.0. The Bertz CT molecular complexity index is 430. The first-order chi connectivity index (χ1) is 8.63. The molecule has 3 N–H and O–H groups in total. The zero-order valence-corrected chi connectivity index (χ0v) is 10.2. The minimum Gasteiger partial charge on any atom is -0.392 e. The summed E-state index contributed by atoms with van der Waals surface area (Å²) in [6.45, 7) is 1.69. The molecule has 4 atom stereocenters. The molecule has 0 radical (unpaired) electrons. The molecule has 4 heteroatoms. The monoisotopic (exact) mass is 250 g/mol. The highest BCUT2D eigenvalue weighted by molar-refractivity contribution is 5.54. The van der Waals surface area contributed by atoms with E-state index in [1.165, 1.54) is 0 Å². The van der Waals surface area contributed by atoms with Crippen LogP contribution in [0.25, 0.3) is 6.08 Å². The van der Waals surface area contributed by atoms with Gasteiger partial charge in [-0.15, -0.1) is 0 Å². The fourth-order valence-corrected chi connectivity index (χ4v) is 2.08. The maximum absolute atomic E-state index is 9.76. The van der Waals surface area contributed by atoms with E-state index in [2.05, 4.69) is 0 Å². The molecular formula is C14H18O4. The lowest BCUT2D eigenvalue weighted by Gasteiger charge is -2.10. The van der Waals surface area contributed by atoms with Crippen LogP contribution in [0.1, 0.15) is 18.1 Å². The normalized spacial score (nSPS) is 32.2. The van der Waals surface area contributed by atoms with Crippen molar-refractivity contribution in [2.45, 2.75) is 37.9 Å². The van der Waals surface area contributed by atoms with Gasteiger partial charge in [0.05, 0.1) is 12.7 Å². The molecule has 0 bridgehead atoms. The topological polar surface area (TPSA) is 69.9 Å². The molecule has 1 aromatic rings. The minimum absolute atomic E-state index is 0.0341. The molecule has 98 valence electrons. The fourth-order valence-electron chi connectivity index (χ4n) is 2.08. The van der Waals surface area contributed by atoms with E-state index in [1.807, 2.05) is 24.3 Å². The van der Waals surface area contributed by atoms with Crippen LogP contribution in [-0.2, 0) is 11.3 Å². The van der Waals surface area contributed by atoms with E-state index < -0.39 is 18.3 Å². The average molecular weight is 250 g/mol. The Morgan fingerprint density at radius 2 is 1.94 bits per heavy atom. The molecule has 18 heavy (non-hydrogen) atoms. The van der Waals surface area contributed by atoms with Crippen molar-refractivity contribution in [2.75, 3.05) is 0 Å². The van der Waals surface area contributed by atoms with E-state index in [1.54, 1.807) is 19.1 Å². The number of aliphatic hydroxyl groups is 3. The highest BCUT2D eigenvalue weighted by Crippen LogP contribution is 2.23. The first-order valence-electron chi connectivity index (χ1n) is 6.02. The standard InChI is InChI=1S/C14H18O4/c1-9-13(16)14(17)12(18-9)7-6-10-4-2-3-5-11(10)8-15/h2-7,9,12-17H,8H2,1H3/b7-6+/t9-,12+,13-,14+/m0/s1. The molecule has 0 aliphatic carbocycles. The number of rotatable bonds is 3. The second-order valence-electron chi connectivity index (χ2n) is 4.50. The predicted octanol–water partition coefficient (Wildman–Crippen LogP) is 0.701. The number of hydrogen-bond donors (Lipinski definition) is 3. The van der Waals surface area contributed by atoms with Crippen LogP contribution in [0.15, 0.2) is 30.3 Å². The summed E-state index contributed by atoms with van der Waals surface area (Å²) in [5.41, 5.74) is 1.69. The molecule has 0 spiro atoms. The second-order valence-corrected chi connectivity index (χ2v) is 4.50. The molecule has 1 aromatic carbocycles. The first-order valence-corrected chi connectivity index (χ1v) is 6.02. The highest BCUT2D eigenvalue weighted by Gasteiger charge is 2.38. The quantitative estimate of drug-likeness (QED) is 0.738. The summed E-state index contributed by atoms with van der Waals surface area (Å²) in [7, 11) is 0. The van der Waals surface area contributed by atoms with Crippen molar-refractivity contribution >= 4 is 6.08 Å².